The number of carbonyl (C=O) groups excluding carboxylic acids is 1. The van der Waals surface area contributed by atoms with E-state index in [1.165, 1.54) is 0 Å². The van der Waals surface area contributed by atoms with Crippen LogP contribution in [0.3, 0.4) is 0 Å². The number of anilines is 1. The van der Waals surface area contributed by atoms with Crippen molar-refractivity contribution in [3.8, 4) is 0 Å². The standard InChI is InChI=1S/C16H16F2N2O2/c1-10-2-5-12(6-3-10)20-16(22)19-9-15(21)13-7-4-11(17)8-14(13)18/h2-8,15,21H,9H2,1H3,(H2,19,20,22)/t15-/m0/s1. The number of aliphatic hydroxyl groups excluding tert-OH is 1. The number of aryl methyl sites for hydroxylation is 1. The van der Waals surface area contributed by atoms with Gasteiger partial charge in [-0.3, -0.25) is 0 Å². The van der Waals surface area contributed by atoms with Crippen molar-refractivity contribution in [2.75, 3.05) is 11.9 Å². The predicted molar refractivity (Wildman–Crippen MR) is 79.5 cm³/mol. The summed E-state index contributed by atoms with van der Waals surface area (Å²) in [6.07, 6.45) is -1.26. The Hall–Kier alpha value is -2.47. The number of rotatable bonds is 4. The van der Waals surface area contributed by atoms with Crippen molar-refractivity contribution >= 4 is 11.7 Å². The minimum Gasteiger partial charge on any atom is -0.386 e. The lowest BCUT2D eigenvalue weighted by Gasteiger charge is -2.14. The van der Waals surface area contributed by atoms with Gasteiger partial charge in [-0.05, 0) is 25.1 Å². The van der Waals surface area contributed by atoms with E-state index in [1.807, 2.05) is 19.1 Å². The summed E-state index contributed by atoms with van der Waals surface area (Å²) >= 11 is 0. The first kappa shape index (κ1) is 15.9. The molecule has 0 aliphatic heterocycles. The molecule has 0 saturated carbocycles. The van der Waals surface area contributed by atoms with Gasteiger partial charge in [-0.1, -0.05) is 23.8 Å². The number of carbonyl (C=O) groups is 1. The van der Waals surface area contributed by atoms with E-state index >= 15 is 0 Å². The number of benzene rings is 2. The Morgan fingerprint density at radius 1 is 1.18 bits per heavy atom. The van der Waals surface area contributed by atoms with Crippen LogP contribution in [0.4, 0.5) is 19.3 Å². The molecule has 1 atom stereocenters. The van der Waals surface area contributed by atoms with Crippen molar-refractivity contribution in [1.29, 1.82) is 0 Å². The minimum absolute atomic E-state index is 0.0722. The second-order valence-electron chi connectivity index (χ2n) is 4.88. The lowest BCUT2D eigenvalue weighted by molar-refractivity contribution is 0.170. The number of hydrogen-bond acceptors (Lipinski definition) is 2. The van der Waals surface area contributed by atoms with E-state index in [4.69, 9.17) is 0 Å². The van der Waals surface area contributed by atoms with Gasteiger partial charge in [0.15, 0.2) is 0 Å². The van der Waals surface area contributed by atoms with Crippen molar-refractivity contribution in [3.63, 3.8) is 0 Å². The molecule has 0 unspecified atom stereocenters. The van der Waals surface area contributed by atoms with Crippen molar-refractivity contribution in [2.24, 2.45) is 0 Å². The van der Waals surface area contributed by atoms with Crippen LogP contribution >= 0.6 is 0 Å². The molecule has 0 fully saturated rings. The van der Waals surface area contributed by atoms with Gasteiger partial charge in [0.25, 0.3) is 0 Å². The third-order valence-corrected chi connectivity index (χ3v) is 3.09. The average Bonchev–Trinajstić information content (AvgIpc) is 2.47. The Bertz CT molecular complexity index is 660. The Labute approximate surface area is 126 Å². The molecule has 6 heteroatoms. The van der Waals surface area contributed by atoms with Crippen LogP contribution in [0.2, 0.25) is 0 Å². The van der Waals surface area contributed by atoms with Gasteiger partial charge in [0.05, 0.1) is 6.10 Å². The quantitative estimate of drug-likeness (QED) is 0.812. The highest BCUT2D eigenvalue weighted by molar-refractivity contribution is 5.89. The number of hydrogen-bond donors (Lipinski definition) is 3. The van der Waals surface area contributed by atoms with E-state index < -0.39 is 23.8 Å². The highest BCUT2D eigenvalue weighted by Crippen LogP contribution is 2.17. The highest BCUT2D eigenvalue weighted by atomic mass is 19.1. The number of urea groups is 1. The van der Waals surface area contributed by atoms with Gasteiger partial charge in [-0.2, -0.15) is 0 Å². The van der Waals surface area contributed by atoms with Crippen LogP contribution in [-0.4, -0.2) is 17.7 Å². The summed E-state index contributed by atoms with van der Waals surface area (Å²) in [5.41, 5.74) is 1.59. The molecule has 2 aromatic carbocycles. The molecule has 22 heavy (non-hydrogen) atoms. The zero-order chi connectivity index (χ0) is 16.1. The molecule has 2 aromatic rings. The van der Waals surface area contributed by atoms with Gasteiger partial charge < -0.3 is 15.7 Å². The average molecular weight is 306 g/mol. The fourth-order valence-electron chi connectivity index (χ4n) is 1.88. The molecule has 0 bridgehead atoms. The summed E-state index contributed by atoms with van der Waals surface area (Å²) in [7, 11) is 0. The number of halogens is 2. The van der Waals surface area contributed by atoms with Gasteiger partial charge in [0.1, 0.15) is 11.6 Å². The Balaban J connectivity index is 1.88. The second-order valence-corrected chi connectivity index (χ2v) is 4.88. The van der Waals surface area contributed by atoms with E-state index in [0.29, 0.717) is 11.8 Å². The van der Waals surface area contributed by atoms with Crippen LogP contribution in [0.1, 0.15) is 17.2 Å². The Morgan fingerprint density at radius 3 is 2.50 bits per heavy atom. The van der Waals surface area contributed by atoms with Crippen molar-refractivity contribution in [2.45, 2.75) is 13.0 Å². The molecule has 0 spiro atoms. The summed E-state index contributed by atoms with van der Waals surface area (Å²) < 4.78 is 26.3. The first-order valence-electron chi connectivity index (χ1n) is 6.70. The largest absolute Gasteiger partial charge is 0.386 e. The van der Waals surface area contributed by atoms with Crippen LogP contribution in [0.5, 0.6) is 0 Å². The van der Waals surface area contributed by atoms with Gasteiger partial charge >= 0.3 is 6.03 Å². The summed E-state index contributed by atoms with van der Waals surface area (Å²) in [6, 6.07) is 9.53. The van der Waals surface area contributed by atoms with Crippen LogP contribution < -0.4 is 10.6 Å². The number of nitrogens with one attached hydrogen (secondary N) is 2. The second kappa shape index (κ2) is 7.00. The smallest absolute Gasteiger partial charge is 0.319 e. The predicted octanol–water partition coefficient (Wildman–Crippen LogP) is 3.13. The van der Waals surface area contributed by atoms with Crippen molar-refractivity contribution < 1.29 is 18.7 Å². The molecule has 0 saturated heterocycles. The molecule has 116 valence electrons. The summed E-state index contributed by atoms with van der Waals surface area (Å²) in [5.74, 6) is -1.58. The third kappa shape index (κ3) is 4.26. The Kier molecular flexibility index (Phi) is 5.06. The molecule has 2 amide bonds. The fourth-order valence-corrected chi connectivity index (χ4v) is 1.88. The van der Waals surface area contributed by atoms with E-state index in [-0.39, 0.29) is 12.1 Å². The number of amides is 2. The minimum atomic E-state index is -1.26. The summed E-state index contributed by atoms with van der Waals surface area (Å²) in [6.45, 7) is 1.73. The normalized spacial score (nSPS) is 11.8. The van der Waals surface area contributed by atoms with E-state index in [0.717, 1.165) is 17.7 Å². The maximum atomic E-state index is 13.5. The lowest BCUT2D eigenvalue weighted by Crippen LogP contribution is -2.32. The fraction of sp³-hybridized carbons (Fsp3) is 0.188. The molecule has 2 rings (SSSR count). The molecule has 0 aliphatic rings. The molecule has 4 nitrogen and oxygen atoms in total. The van der Waals surface area contributed by atoms with Gasteiger partial charge in [-0.25, -0.2) is 13.6 Å². The topological polar surface area (TPSA) is 61.4 Å². The molecule has 0 aliphatic carbocycles. The summed E-state index contributed by atoms with van der Waals surface area (Å²) in [4.78, 5) is 11.7. The van der Waals surface area contributed by atoms with E-state index in [1.54, 1.807) is 12.1 Å². The van der Waals surface area contributed by atoms with Gasteiger partial charge in [0.2, 0.25) is 0 Å². The zero-order valence-electron chi connectivity index (χ0n) is 11.9. The monoisotopic (exact) mass is 306 g/mol. The summed E-state index contributed by atoms with van der Waals surface area (Å²) in [5, 5.41) is 14.8. The molecule has 0 heterocycles. The number of aliphatic hydroxyl groups is 1. The third-order valence-electron chi connectivity index (χ3n) is 3.09. The Morgan fingerprint density at radius 2 is 1.86 bits per heavy atom. The highest BCUT2D eigenvalue weighted by Gasteiger charge is 2.14. The molecule has 0 radical (unpaired) electrons. The maximum absolute atomic E-state index is 13.5. The molecule has 0 aromatic heterocycles. The van der Waals surface area contributed by atoms with Crippen LogP contribution in [0.25, 0.3) is 0 Å². The first-order valence-corrected chi connectivity index (χ1v) is 6.70. The van der Waals surface area contributed by atoms with Gasteiger partial charge in [-0.15, -0.1) is 0 Å². The van der Waals surface area contributed by atoms with Crippen molar-refractivity contribution in [3.05, 3.63) is 65.2 Å². The zero-order valence-corrected chi connectivity index (χ0v) is 11.9. The van der Waals surface area contributed by atoms with Crippen LogP contribution in [0.15, 0.2) is 42.5 Å². The van der Waals surface area contributed by atoms with Gasteiger partial charge in [0, 0.05) is 23.9 Å². The van der Waals surface area contributed by atoms with E-state index in [2.05, 4.69) is 10.6 Å². The first-order chi connectivity index (χ1) is 10.5. The maximum Gasteiger partial charge on any atom is 0.319 e. The lowest BCUT2D eigenvalue weighted by atomic mass is 10.1. The molecular formula is C16H16F2N2O2. The van der Waals surface area contributed by atoms with Crippen LogP contribution in [-0.2, 0) is 0 Å². The van der Waals surface area contributed by atoms with Crippen molar-refractivity contribution in [1.82, 2.24) is 5.32 Å². The SMILES string of the molecule is Cc1ccc(NC(=O)NC[C@H](O)c2ccc(F)cc2F)cc1. The van der Waals surface area contributed by atoms with E-state index in [9.17, 15) is 18.7 Å². The molecular weight excluding hydrogens is 290 g/mol. The molecule has 3 N–H and O–H groups in total. The van der Waals surface area contributed by atoms with Crippen LogP contribution in [0, 0.1) is 18.6 Å².